The molecule has 124 valence electrons. The molecule has 4 rings (SSSR count). The van der Waals surface area contributed by atoms with Crippen LogP contribution in [0.2, 0.25) is 0 Å². The summed E-state index contributed by atoms with van der Waals surface area (Å²) in [7, 11) is 3.47. The van der Waals surface area contributed by atoms with E-state index in [1.165, 1.54) is 0 Å². The van der Waals surface area contributed by atoms with Gasteiger partial charge < -0.3 is 4.90 Å². The van der Waals surface area contributed by atoms with Crippen LogP contribution in [0.3, 0.4) is 0 Å². The number of halogens is 1. The molecule has 0 aliphatic rings. The molecule has 3 aromatic heterocycles. The van der Waals surface area contributed by atoms with Gasteiger partial charge in [-0.15, -0.1) is 0 Å². The predicted molar refractivity (Wildman–Crippen MR) is 102 cm³/mol. The van der Waals surface area contributed by atoms with Crippen LogP contribution < -0.4 is 0 Å². The van der Waals surface area contributed by atoms with Crippen molar-refractivity contribution < 1.29 is 4.79 Å². The van der Waals surface area contributed by atoms with Crippen LogP contribution in [0.15, 0.2) is 59.3 Å². The number of benzene rings is 1. The van der Waals surface area contributed by atoms with Gasteiger partial charge >= 0.3 is 0 Å². The lowest BCUT2D eigenvalue weighted by molar-refractivity contribution is 0.0827. The van der Waals surface area contributed by atoms with Crippen molar-refractivity contribution in [3.05, 3.63) is 64.9 Å². The summed E-state index contributed by atoms with van der Waals surface area (Å²) in [6.45, 7) is 0. The van der Waals surface area contributed by atoms with E-state index in [0.717, 1.165) is 32.4 Å². The molecule has 4 aromatic rings. The predicted octanol–water partition coefficient (Wildman–Crippen LogP) is 4.01. The molecular weight excluding hydrogens is 380 g/mol. The molecule has 0 saturated carbocycles. The van der Waals surface area contributed by atoms with E-state index in [1.54, 1.807) is 37.3 Å². The molecular formula is C19H15BrN4O. The number of para-hydroxylation sites is 1. The third kappa shape index (κ3) is 2.68. The molecule has 0 aliphatic carbocycles. The average molecular weight is 395 g/mol. The molecule has 6 heteroatoms. The van der Waals surface area contributed by atoms with E-state index in [9.17, 15) is 4.79 Å². The van der Waals surface area contributed by atoms with Crippen molar-refractivity contribution in [2.24, 2.45) is 0 Å². The third-order valence-corrected chi connectivity index (χ3v) is 4.74. The topological polar surface area (TPSA) is 50.5 Å². The Morgan fingerprint density at radius 1 is 1.16 bits per heavy atom. The van der Waals surface area contributed by atoms with Gasteiger partial charge in [-0.1, -0.05) is 18.2 Å². The molecule has 25 heavy (non-hydrogen) atoms. The van der Waals surface area contributed by atoms with Crippen LogP contribution in [0, 0.1) is 0 Å². The number of hydrogen-bond acceptors (Lipinski definition) is 3. The monoisotopic (exact) mass is 394 g/mol. The van der Waals surface area contributed by atoms with Gasteiger partial charge in [-0.2, -0.15) is 0 Å². The second-order valence-corrected chi connectivity index (χ2v) is 6.85. The summed E-state index contributed by atoms with van der Waals surface area (Å²) in [4.78, 5) is 22.9. The first-order valence-electron chi connectivity index (χ1n) is 7.79. The summed E-state index contributed by atoms with van der Waals surface area (Å²) in [5, 5.41) is 1.07. The first-order chi connectivity index (χ1) is 12.0. The highest BCUT2D eigenvalue weighted by molar-refractivity contribution is 9.10. The summed E-state index contributed by atoms with van der Waals surface area (Å²) in [5.74, 6) is -0.0418. The molecule has 1 aromatic carbocycles. The summed E-state index contributed by atoms with van der Waals surface area (Å²) >= 11 is 3.56. The van der Waals surface area contributed by atoms with E-state index in [0.29, 0.717) is 5.56 Å². The number of pyridine rings is 2. The first kappa shape index (κ1) is 15.8. The minimum Gasteiger partial charge on any atom is -0.345 e. The lowest BCUT2D eigenvalue weighted by Crippen LogP contribution is -2.21. The third-order valence-electron chi connectivity index (χ3n) is 4.10. The van der Waals surface area contributed by atoms with Crippen LogP contribution in [-0.4, -0.2) is 39.3 Å². The standard InChI is InChI=1S/C19H15BrN4O/c1-23(2)19(25)13-8-9-24-16(11-21-17(24)10-13)15-7-6-12-4-3-5-14(20)18(12)22-15/h3-11H,1-2H3. The van der Waals surface area contributed by atoms with Crippen molar-refractivity contribution >= 4 is 38.4 Å². The van der Waals surface area contributed by atoms with Crippen molar-refractivity contribution in [1.29, 1.82) is 0 Å². The quantitative estimate of drug-likeness (QED) is 0.515. The maximum atomic E-state index is 12.1. The Labute approximate surface area is 153 Å². The van der Waals surface area contributed by atoms with Crippen LogP contribution in [-0.2, 0) is 0 Å². The Hall–Kier alpha value is -2.73. The summed E-state index contributed by atoms with van der Waals surface area (Å²) < 4.78 is 2.90. The van der Waals surface area contributed by atoms with Gasteiger partial charge in [-0.05, 0) is 40.2 Å². The SMILES string of the molecule is CN(C)C(=O)c1ccn2c(-c3ccc4cccc(Br)c4n3)cnc2c1. The van der Waals surface area contributed by atoms with Gasteiger partial charge in [0, 0.05) is 35.7 Å². The van der Waals surface area contributed by atoms with Crippen LogP contribution in [0.1, 0.15) is 10.4 Å². The number of amides is 1. The van der Waals surface area contributed by atoms with Crippen molar-refractivity contribution in [1.82, 2.24) is 19.3 Å². The molecule has 1 amide bonds. The number of nitrogens with zero attached hydrogens (tertiary/aromatic N) is 4. The second kappa shape index (κ2) is 5.97. The van der Waals surface area contributed by atoms with E-state index < -0.39 is 0 Å². The summed E-state index contributed by atoms with van der Waals surface area (Å²) in [6.07, 6.45) is 3.64. The molecule has 0 aliphatic heterocycles. The normalized spacial score (nSPS) is 11.2. The first-order valence-corrected chi connectivity index (χ1v) is 8.58. The highest BCUT2D eigenvalue weighted by Crippen LogP contribution is 2.26. The van der Waals surface area contributed by atoms with Gasteiger partial charge in [-0.3, -0.25) is 9.20 Å². The molecule has 0 atom stereocenters. The molecule has 0 N–H and O–H groups in total. The van der Waals surface area contributed by atoms with Crippen LogP contribution >= 0.6 is 15.9 Å². The van der Waals surface area contributed by atoms with Gasteiger partial charge in [0.1, 0.15) is 5.65 Å². The van der Waals surface area contributed by atoms with Crippen molar-refractivity contribution in [2.45, 2.75) is 0 Å². The number of aromatic nitrogens is 3. The number of fused-ring (bicyclic) bond motifs is 2. The van der Waals surface area contributed by atoms with E-state index in [2.05, 4.69) is 20.9 Å². The van der Waals surface area contributed by atoms with Crippen molar-refractivity contribution in [2.75, 3.05) is 14.1 Å². The van der Waals surface area contributed by atoms with Gasteiger partial charge in [-0.25, -0.2) is 9.97 Å². The zero-order valence-corrected chi connectivity index (χ0v) is 15.4. The highest BCUT2D eigenvalue weighted by atomic mass is 79.9. The van der Waals surface area contributed by atoms with Crippen molar-refractivity contribution in [3.63, 3.8) is 0 Å². The fourth-order valence-electron chi connectivity index (χ4n) is 2.81. The van der Waals surface area contributed by atoms with Crippen LogP contribution in [0.4, 0.5) is 0 Å². The van der Waals surface area contributed by atoms with E-state index in [1.807, 2.05) is 40.9 Å². The maximum absolute atomic E-state index is 12.1. The molecule has 0 saturated heterocycles. The molecule has 0 radical (unpaired) electrons. The Morgan fingerprint density at radius 3 is 2.80 bits per heavy atom. The van der Waals surface area contributed by atoms with Crippen LogP contribution in [0.25, 0.3) is 27.9 Å². The molecule has 0 unspecified atom stereocenters. The molecule has 3 heterocycles. The smallest absolute Gasteiger partial charge is 0.253 e. The lowest BCUT2D eigenvalue weighted by Gasteiger charge is -2.10. The second-order valence-electron chi connectivity index (χ2n) is 5.99. The van der Waals surface area contributed by atoms with E-state index in [-0.39, 0.29) is 5.91 Å². The van der Waals surface area contributed by atoms with E-state index >= 15 is 0 Å². The minimum atomic E-state index is -0.0418. The fourth-order valence-corrected chi connectivity index (χ4v) is 3.29. The Morgan fingerprint density at radius 2 is 2.00 bits per heavy atom. The van der Waals surface area contributed by atoms with E-state index in [4.69, 9.17) is 4.98 Å². The molecule has 0 fully saturated rings. The Kier molecular flexibility index (Phi) is 3.77. The number of hydrogen-bond donors (Lipinski definition) is 0. The summed E-state index contributed by atoms with van der Waals surface area (Å²) in [6, 6.07) is 13.6. The highest BCUT2D eigenvalue weighted by Gasteiger charge is 2.13. The van der Waals surface area contributed by atoms with Crippen molar-refractivity contribution in [3.8, 4) is 11.4 Å². The Balaban J connectivity index is 1.85. The van der Waals surface area contributed by atoms with Gasteiger partial charge in [0.15, 0.2) is 0 Å². The number of imidazole rings is 1. The lowest BCUT2D eigenvalue weighted by atomic mass is 10.2. The Bertz CT molecular complexity index is 1120. The van der Waals surface area contributed by atoms with Crippen LogP contribution in [0.5, 0.6) is 0 Å². The fraction of sp³-hybridized carbons (Fsp3) is 0.105. The average Bonchev–Trinajstić information content (AvgIpc) is 3.04. The van der Waals surface area contributed by atoms with Gasteiger partial charge in [0.05, 0.1) is 23.1 Å². The zero-order chi connectivity index (χ0) is 17.6. The largest absolute Gasteiger partial charge is 0.345 e. The number of carbonyl (C=O) groups is 1. The molecule has 5 nitrogen and oxygen atoms in total. The summed E-state index contributed by atoms with van der Waals surface area (Å²) in [5.41, 5.74) is 3.96. The molecule has 0 bridgehead atoms. The number of rotatable bonds is 2. The number of carbonyl (C=O) groups excluding carboxylic acids is 1. The molecule has 0 spiro atoms. The van der Waals surface area contributed by atoms with Gasteiger partial charge in [0.25, 0.3) is 5.91 Å². The van der Waals surface area contributed by atoms with Gasteiger partial charge in [0.2, 0.25) is 0 Å². The zero-order valence-electron chi connectivity index (χ0n) is 13.8. The maximum Gasteiger partial charge on any atom is 0.253 e. The minimum absolute atomic E-state index is 0.0418.